The molecule has 0 atom stereocenters. The smallest absolute Gasteiger partial charge is 0.268 e. The lowest BCUT2D eigenvalue weighted by Crippen LogP contribution is -2.27. The van der Waals surface area contributed by atoms with Crippen molar-refractivity contribution in [2.75, 3.05) is 19.5 Å². The highest BCUT2D eigenvalue weighted by Crippen LogP contribution is 2.29. The third-order valence-electron chi connectivity index (χ3n) is 3.58. The van der Waals surface area contributed by atoms with Crippen molar-refractivity contribution in [2.24, 2.45) is 0 Å². The van der Waals surface area contributed by atoms with E-state index in [0.717, 1.165) is 22.8 Å². The lowest BCUT2D eigenvalue weighted by atomic mass is 10.2. The van der Waals surface area contributed by atoms with E-state index in [0.29, 0.717) is 29.6 Å². The third-order valence-corrected chi connectivity index (χ3v) is 5.71. The fraction of sp³-hybridized carbons (Fsp3) is 0.375. The summed E-state index contributed by atoms with van der Waals surface area (Å²) in [5, 5.41) is 0.636. The van der Waals surface area contributed by atoms with Gasteiger partial charge in [-0.15, -0.1) is 11.8 Å². The van der Waals surface area contributed by atoms with E-state index in [1.54, 1.807) is 35.6 Å². The monoisotopic (exact) mass is 352 g/mol. The largest absolute Gasteiger partial charge is 0.383 e. The number of fused-ring (bicyclic) bond motifs is 1. The van der Waals surface area contributed by atoms with Crippen LogP contribution in [0.25, 0.3) is 0 Å². The lowest BCUT2D eigenvalue weighted by Gasteiger charge is -2.13. The van der Waals surface area contributed by atoms with Crippen LogP contribution in [0.5, 0.6) is 0 Å². The molecule has 1 aliphatic rings. The first kappa shape index (κ1) is 16.5. The molecule has 0 spiro atoms. The average molecular weight is 352 g/mol. The maximum atomic E-state index is 13.8. The van der Waals surface area contributed by atoms with E-state index in [1.165, 1.54) is 17.8 Å². The van der Waals surface area contributed by atoms with Gasteiger partial charge in [-0.05, 0) is 11.6 Å². The number of halogens is 1. The summed E-state index contributed by atoms with van der Waals surface area (Å²) in [5.74, 6) is 1.10. The van der Waals surface area contributed by atoms with Gasteiger partial charge in [-0.2, -0.15) is 0 Å². The van der Waals surface area contributed by atoms with Gasteiger partial charge in [-0.1, -0.05) is 30.0 Å². The summed E-state index contributed by atoms with van der Waals surface area (Å²) in [5.41, 5.74) is 1.47. The average Bonchev–Trinajstić information content (AvgIpc) is 3.02. The Labute approximate surface area is 142 Å². The van der Waals surface area contributed by atoms with Crippen molar-refractivity contribution in [1.82, 2.24) is 9.55 Å². The standard InChI is InChI=1S/C16H17FN2O2S2/c1-21-8-7-19-15(20)14-13(6-9-22-14)18-16(19)23-10-11-4-2-3-5-12(11)17/h2-5H,6-10H2,1H3. The predicted octanol–water partition coefficient (Wildman–Crippen LogP) is 2.97. The van der Waals surface area contributed by atoms with E-state index in [2.05, 4.69) is 4.98 Å². The van der Waals surface area contributed by atoms with Gasteiger partial charge >= 0.3 is 0 Å². The quantitative estimate of drug-likeness (QED) is 0.591. The second-order valence-corrected chi connectivity index (χ2v) is 7.15. The molecule has 0 amide bonds. The number of methoxy groups -OCH3 is 1. The molecule has 1 aliphatic heterocycles. The molecule has 2 heterocycles. The summed E-state index contributed by atoms with van der Waals surface area (Å²) in [6.45, 7) is 0.897. The van der Waals surface area contributed by atoms with E-state index in [-0.39, 0.29) is 11.4 Å². The number of hydrogen-bond donors (Lipinski definition) is 0. The van der Waals surface area contributed by atoms with Crippen LogP contribution in [0, 0.1) is 5.82 Å². The lowest BCUT2D eigenvalue weighted by molar-refractivity contribution is 0.182. The van der Waals surface area contributed by atoms with Crippen molar-refractivity contribution < 1.29 is 9.13 Å². The van der Waals surface area contributed by atoms with Gasteiger partial charge < -0.3 is 4.74 Å². The highest BCUT2D eigenvalue weighted by Gasteiger charge is 2.21. The van der Waals surface area contributed by atoms with Crippen molar-refractivity contribution in [2.45, 2.75) is 28.8 Å². The molecule has 7 heteroatoms. The number of rotatable bonds is 6. The molecule has 3 rings (SSSR count). The van der Waals surface area contributed by atoms with Gasteiger partial charge in [-0.3, -0.25) is 9.36 Å². The van der Waals surface area contributed by atoms with Crippen LogP contribution in [0.15, 0.2) is 39.1 Å². The van der Waals surface area contributed by atoms with Crippen molar-refractivity contribution in [3.63, 3.8) is 0 Å². The van der Waals surface area contributed by atoms with Gasteiger partial charge in [0.1, 0.15) is 5.82 Å². The molecule has 0 fully saturated rings. The summed E-state index contributed by atoms with van der Waals surface area (Å²) in [6, 6.07) is 6.68. The summed E-state index contributed by atoms with van der Waals surface area (Å²) in [7, 11) is 1.60. The zero-order valence-corrected chi connectivity index (χ0v) is 14.4. The van der Waals surface area contributed by atoms with E-state index in [9.17, 15) is 9.18 Å². The van der Waals surface area contributed by atoms with Gasteiger partial charge in [0.25, 0.3) is 5.56 Å². The van der Waals surface area contributed by atoms with E-state index in [4.69, 9.17) is 4.74 Å². The molecule has 0 radical (unpaired) electrons. The molecule has 0 unspecified atom stereocenters. The van der Waals surface area contributed by atoms with E-state index in [1.807, 2.05) is 6.07 Å². The minimum atomic E-state index is -0.234. The van der Waals surface area contributed by atoms with Crippen LogP contribution < -0.4 is 5.56 Å². The molecule has 2 aromatic rings. The Morgan fingerprint density at radius 3 is 3.04 bits per heavy atom. The van der Waals surface area contributed by atoms with Crippen LogP contribution in [0.2, 0.25) is 0 Å². The maximum Gasteiger partial charge on any atom is 0.268 e. The SMILES string of the molecule is COCCn1c(SCc2ccccc2F)nc2c(c1=O)SCC2. The molecular formula is C16H17FN2O2S2. The molecule has 0 saturated heterocycles. The summed E-state index contributed by atoms with van der Waals surface area (Å²) < 4.78 is 20.5. The van der Waals surface area contributed by atoms with Crippen molar-refractivity contribution in [1.29, 1.82) is 0 Å². The fourth-order valence-corrected chi connectivity index (χ4v) is 4.44. The molecule has 1 aromatic heterocycles. The van der Waals surface area contributed by atoms with E-state index < -0.39 is 0 Å². The summed E-state index contributed by atoms with van der Waals surface area (Å²) >= 11 is 2.95. The van der Waals surface area contributed by atoms with Crippen molar-refractivity contribution >= 4 is 23.5 Å². The van der Waals surface area contributed by atoms with Gasteiger partial charge in [0.2, 0.25) is 0 Å². The third kappa shape index (κ3) is 3.62. The molecule has 23 heavy (non-hydrogen) atoms. The first-order valence-corrected chi connectivity index (χ1v) is 9.29. The molecular weight excluding hydrogens is 335 g/mol. The number of ether oxygens (including phenoxy) is 1. The number of benzene rings is 1. The zero-order chi connectivity index (χ0) is 16.2. The molecule has 0 aliphatic carbocycles. The number of nitrogens with zero attached hydrogens (tertiary/aromatic N) is 2. The number of aromatic nitrogens is 2. The molecule has 0 N–H and O–H groups in total. The first-order chi connectivity index (χ1) is 11.2. The topological polar surface area (TPSA) is 44.1 Å². The Morgan fingerprint density at radius 2 is 2.26 bits per heavy atom. The van der Waals surface area contributed by atoms with Crippen molar-refractivity contribution in [3.05, 3.63) is 51.7 Å². The van der Waals surface area contributed by atoms with Crippen LogP contribution in [0.4, 0.5) is 4.39 Å². The van der Waals surface area contributed by atoms with Crippen molar-refractivity contribution in [3.8, 4) is 0 Å². The molecule has 122 valence electrons. The summed E-state index contributed by atoms with van der Waals surface area (Å²) in [6.07, 6.45) is 0.813. The Kier molecular flexibility index (Phi) is 5.40. The Balaban J connectivity index is 1.89. The first-order valence-electron chi connectivity index (χ1n) is 7.32. The molecule has 1 aromatic carbocycles. The van der Waals surface area contributed by atoms with E-state index >= 15 is 0 Å². The predicted molar refractivity (Wildman–Crippen MR) is 90.8 cm³/mol. The minimum absolute atomic E-state index is 0.00872. The second kappa shape index (κ2) is 7.51. The number of aryl methyl sites for hydroxylation is 1. The number of hydrogen-bond acceptors (Lipinski definition) is 5. The molecule has 0 saturated carbocycles. The van der Waals surface area contributed by atoms with Crippen LogP contribution in [-0.4, -0.2) is 29.0 Å². The highest BCUT2D eigenvalue weighted by atomic mass is 32.2. The van der Waals surface area contributed by atoms with Crippen LogP contribution >= 0.6 is 23.5 Å². The second-order valence-electron chi connectivity index (χ2n) is 5.10. The minimum Gasteiger partial charge on any atom is -0.383 e. The van der Waals surface area contributed by atoms with Gasteiger partial charge in [0, 0.05) is 25.0 Å². The normalized spacial score (nSPS) is 13.3. The van der Waals surface area contributed by atoms with Gasteiger partial charge in [-0.25, -0.2) is 9.37 Å². The zero-order valence-electron chi connectivity index (χ0n) is 12.8. The van der Waals surface area contributed by atoms with Gasteiger partial charge in [0.15, 0.2) is 5.16 Å². The Bertz CT molecular complexity index is 764. The van der Waals surface area contributed by atoms with Gasteiger partial charge in [0.05, 0.1) is 23.7 Å². The molecule has 4 nitrogen and oxygen atoms in total. The van der Waals surface area contributed by atoms with Crippen LogP contribution in [0.3, 0.4) is 0 Å². The summed E-state index contributed by atoms with van der Waals surface area (Å²) in [4.78, 5) is 18.0. The Morgan fingerprint density at radius 1 is 1.43 bits per heavy atom. The Hall–Kier alpha value is -1.31. The molecule has 0 bridgehead atoms. The highest BCUT2D eigenvalue weighted by molar-refractivity contribution is 7.99. The fourth-order valence-electron chi connectivity index (χ4n) is 2.37. The number of thioether (sulfide) groups is 2. The maximum absolute atomic E-state index is 13.8. The van der Waals surface area contributed by atoms with Crippen LogP contribution in [-0.2, 0) is 23.5 Å². The van der Waals surface area contributed by atoms with Crippen LogP contribution in [0.1, 0.15) is 11.3 Å².